The van der Waals surface area contributed by atoms with Gasteiger partial charge in [-0.3, -0.25) is 4.72 Å². The highest BCUT2D eigenvalue weighted by molar-refractivity contribution is 7.92. The molecule has 21 heavy (non-hydrogen) atoms. The van der Waals surface area contributed by atoms with E-state index in [4.69, 9.17) is 0 Å². The van der Waals surface area contributed by atoms with Gasteiger partial charge in [0.05, 0.1) is 17.8 Å². The van der Waals surface area contributed by atoms with Gasteiger partial charge in [-0.25, -0.2) is 13.4 Å². The summed E-state index contributed by atoms with van der Waals surface area (Å²) >= 11 is 0. The molecule has 0 spiro atoms. The van der Waals surface area contributed by atoms with Crippen LogP contribution in [0.4, 0.5) is 5.69 Å². The van der Waals surface area contributed by atoms with Crippen LogP contribution in [-0.4, -0.2) is 24.1 Å². The summed E-state index contributed by atoms with van der Waals surface area (Å²) in [5, 5.41) is 0. The van der Waals surface area contributed by atoms with Gasteiger partial charge in [0.25, 0.3) is 0 Å². The zero-order chi connectivity index (χ0) is 15.5. The third kappa shape index (κ3) is 3.72. The molecular formula is C15H19N3O2S. The maximum Gasteiger partial charge on any atom is 0.232 e. The molecule has 0 aliphatic rings. The second-order valence-electron chi connectivity index (χ2n) is 4.92. The molecule has 0 radical (unpaired) electrons. The maximum absolute atomic E-state index is 11.7. The Morgan fingerprint density at radius 1 is 1.33 bits per heavy atom. The predicted molar refractivity (Wildman–Crippen MR) is 85.5 cm³/mol. The van der Waals surface area contributed by atoms with E-state index in [-0.39, 0.29) is 5.75 Å². The number of nitrogens with zero attached hydrogens (tertiary/aromatic N) is 1. The van der Waals surface area contributed by atoms with Crippen molar-refractivity contribution in [1.82, 2.24) is 9.97 Å². The number of nitrogens with one attached hydrogen (secondary N) is 2. The van der Waals surface area contributed by atoms with Crippen LogP contribution in [0.2, 0.25) is 0 Å². The van der Waals surface area contributed by atoms with Gasteiger partial charge in [-0.15, -0.1) is 0 Å². The molecule has 112 valence electrons. The minimum absolute atomic E-state index is 0.0477. The first kappa shape index (κ1) is 15.3. The molecule has 0 bridgehead atoms. The molecule has 0 aliphatic heterocycles. The highest BCUT2D eigenvalue weighted by Crippen LogP contribution is 2.27. The van der Waals surface area contributed by atoms with Crippen molar-refractivity contribution in [2.75, 3.05) is 10.5 Å². The Labute approximate surface area is 125 Å². The SMILES string of the molecule is CCS(=O)(=O)Nc1cccc(C(=C(C)C)c2c[nH]cn2)c1. The quantitative estimate of drug-likeness (QED) is 0.891. The number of anilines is 1. The van der Waals surface area contributed by atoms with E-state index in [2.05, 4.69) is 14.7 Å². The fraction of sp³-hybridized carbons (Fsp3) is 0.267. The van der Waals surface area contributed by atoms with Crippen LogP contribution in [-0.2, 0) is 10.0 Å². The number of aromatic amines is 1. The molecule has 2 rings (SSSR count). The molecular weight excluding hydrogens is 286 g/mol. The van der Waals surface area contributed by atoms with Crippen molar-refractivity contribution in [1.29, 1.82) is 0 Å². The minimum Gasteiger partial charge on any atom is -0.351 e. The lowest BCUT2D eigenvalue weighted by molar-refractivity contribution is 0.602. The molecule has 0 amide bonds. The lowest BCUT2D eigenvalue weighted by atomic mass is 9.98. The predicted octanol–water partition coefficient (Wildman–Crippen LogP) is 3.01. The number of rotatable bonds is 5. The van der Waals surface area contributed by atoms with Gasteiger partial charge in [0.2, 0.25) is 10.0 Å². The molecule has 0 aliphatic carbocycles. The zero-order valence-corrected chi connectivity index (χ0v) is 13.2. The summed E-state index contributed by atoms with van der Waals surface area (Å²) in [7, 11) is -3.28. The van der Waals surface area contributed by atoms with E-state index in [0.717, 1.165) is 22.4 Å². The summed E-state index contributed by atoms with van der Waals surface area (Å²) in [5.41, 5.74) is 4.43. The molecule has 0 saturated carbocycles. The van der Waals surface area contributed by atoms with E-state index in [1.54, 1.807) is 19.3 Å². The molecule has 1 aromatic carbocycles. The Morgan fingerprint density at radius 2 is 2.10 bits per heavy atom. The summed E-state index contributed by atoms with van der Waals surface area (Å²) in [6.45, 7) is 5.62. The fourth-order valence-corrected chi connectivity index (χ4v) is 2.71. The summed E-state index contributed by atoms with van der Waals surface area (Å²) in [6.07, 6.45) is 3.45. The molecule has 1 heterocycles. The van der Waals surface area contributed by atoms with Crippen molar-refractivity contribution in [2.24, 2.45) is 0 Å². The van der Waals surface area contributed by atoms with E-state index in [9.17, 15) is 8.42 Å². The molecule has 6 heteroatoms. The minimum atomic E-state index is -3.28. The Kier molecular flexibility index (Phi) is 4.47. The summed E-state index contributed by atoms with van der Waals surface area (Å²) < 4.78 is 25.9. The van der Waals surface area contributed by atoms with Crippen molar-refractivity contribution >= 4 is 21.3 Å². The fourth-order valence-electron chi connectivity index (χ4n) is 2.08. The molecule has 2 N–H and O–H groups in total. The van der Waals surface area contributed by atoms with Crippen LogP contribution < -0.4 is 4.72 Å². The van der Waals surface area contributed by atoms with Crippen LogP contribution in [0.3, 0.4) is 0 Å². The van der Waals surface area contributed by atoms with E-state index >= 15 is 0 Å². The second kappa shape index (κ2) is 6.13. The van der Waals surface area contributed by atoms with Gasteiger partial charge in [0.15, 0.2) is 0 Å². The van der Waals surface area contributed by atoms with Crippen molar-refractivity contribution < 1.29 is 8.42 Å². The van der Waals surface area contributed by atoms with Gasteiger partial charge in [0.1, 0.15) is 0 Å². The lowest BCUT2D eigenvalue weighted by Gasteiger charge is -2.11. The summed E-state index contributed by atoms with van der Waals surface area (Å²) in [4.78, 5) is 7.22. The van der Waals surface area contributed by atoms with Crippen molar-refractivity contribution in [3.63, 3.8) is 0 Å². The van der Waals surface area contributed by atoms with Crippen LogP contribution in [0.25, 0.3) is 5.57 Å². The molecule has 0 fully saturated rings. The number of H-pyrrole nitrogens is 1. The smallest absolute Gasteiger partial charge is 0.232 e. The van der Waals surface area contributed by atoms with Gasteiger partial charge >= 0.3 is 0 Å². The number of hydrogen-bond donors (Lipinski definition) is 2. The van der Waals surface area contributed by atoms with Gasteiger partial charge in [0, 0.05) is 17.5 Å². The topological polar surface area (TPSA) is 74.8 Å². The van der Waals surface area contributed by atoms with Gasteiger partial charge < -0.3 is 4.98 Å². The third-order valence-corrected chi connectivity index (χ3v) is 4.37. The first-order valence-electron chi connectivity index (χ1n) is 6.70. The summed E-state index contributed by atoms with van der Waals surface area (Å²) in [6, 6.07) is 7.34. The van der Waals surface area contributed by atoms with Gasteiger partial charge in [-0.2, -0.15) is 0 Å². The number of sulfonamides is 1. The van der Waals surface area contributed by atoms with Crippen molar-refractivity contribution in [3.05, 3.63) is 53.6 Å². The number of imidazole rings is 1. The van der Waals surface area contributed by atoms with Crippen LogP contribution in [0.5, 0.6) is 0 Å². The number of benzene rings is 1. The first-order chi connectivity index (χ1) is 9.93. The third-order valence-electron chi connectivity index (χ3n) is 3.06. The molecule has 2 aromatic rings. The van der Waals surface area contributed by atoms with E-state index in [1.165, 1.54) is 0 Å². The van der Waals surface area contributed by atoms with E-state index in [0.29, 0.717) is 5.69 Å². The Morgan fingerprint density at radius 3 is 2.67 bits per heavy atom. The molecule has 0 atom stereocenters. The first-order valence-corrected chi connectivity index (χ1v) is 8.35. The zero-order valence-electron chi connectivity index (χ0n) is 12.3. The van der Waals surface area contributed by atoms with Crippen LogP contribution >= 0.6 is 0 Å². The Bertz CT molecular complexity index is 743. The van der Waals surface area contributed by atoms with Gasteiger partial charge in [-0.1, -0.05) is 17.7 Å². The number of hydrogen-bond acceptors (Lipinski definition) is 3. The second-order valence-corrected chi connectivity index (χ2v) is 6.93. The highest BCUT2D eigenvalue weighted by atomic mass is 32.2. The van der Waals surface area contributed by atoms with E-state index < -0.39 is 10.0 Å². The Hall–Kier alpha value is -2.08. The van der Waals surface area contributed by atoms with Crippen LogP contribution in [0.1, 0.15) is 32.0 Å². The monoisotopic (exact) mass is 305 g/mol. The standard InChI is InChI=1S/C15H19N3O2S/c1-4-21(19,20)18-13-7-5-6-12(8-13)15(11(2)3)14-9-16-10-17-14/h5-10,18H,4H2,1-3H3,(H,16,17). The highest BCUT2D eigenvalue weighted by Gasteiger charge is 2.11. The average molecular weight is 305 g/mol. The molecule has 5 nitrogen and oxygen atoms in total. The largest absolute Gasteiger partial charge is 0.351 e. The van der Waals surface area contributed by atoms with Crippen LogP contribution in [0.15, 0.2) is 42.4 Å². The maximum atomic E-state index is 11.7. The lowest BCUT2D eigenvalue weighted by Crippen LogP contribution is -2.14. The van der Waals surface area contributed by atoms with E-state index in [1.807, 2.05) is 38.2 Å². The van der Waals surface area contributed by atoms with Gasteiger partial charge in [-0.05, 0) is 38.5 Å². The van der Waals surface area contributed by atoms with Crippen molar-refractivity contribution in [2.45, 2.75) is 20.8 Å². The number of allylic oxidation sites excluding steroid dienone is 1. The number of aromatic nitrogens is 2. The normalized spacial score (nSPS) is 11.2. The molecule has 0 saturated heterocycles. The average Bonchev–Trinajstić information content (AvgIpc) is 2.92. The van der Waals surface area contributed by atoms with Crippen molar-refractivity contribution in [3.8, 4) is 0 Å². The Balaban J connectivity index is 2.43. The summed E-state index contributed by atoms with van der Waals surface area (Å²) in [5.74, 6) is 0.0477. The molecule has 0 unspecified atom stereocenters. The van der Waals surface area contributed by atoms with Crippen LogP contribution in [0, 0.1) is 0 Å². The molecule has 1 aromatic heterocycles.